The molecule has 7 nitrogen and oxygen atoms in total. The number of imide groups is 1. The van der Waals surface area contributed by atoms with Crippen molar-refractivity contribution in [3.05, 3.63) is 58.1 Å². The van der Waals surface area contributed by atoms with Gasteiger partial charge >= 0.3 is 5.97 Å². The highest BCUT2D eigenvalue weighted by Gasteiger charge is 2.59. The average Bonchev–Trinajstić information content (AvgIpc) is 3.21. The molecule has 2 heterocycles. The Kier molecular flexibility index (Phi) is 4.80. The van der Waals surface area contributed by atoms with Crippen molar-refractivity contribution in [3.63, 3.8) is 0 Å². The van der Waals surface area contributed by atoms with Gasteiger partial charge in [-0.15, -0.1) is 0 Å². The van der Waals surface area contributed by atoms with Crippen molar-refractivity contribution in [1.82, 2.24) is 0 Å². The van der Waals surface area contributed by atoms with Crippen molar-refractivity contribution < 1.29 is 19.1 Å². The third kappa shape index (κ3) is 2.89. The molecule has 0 radical (unpaired) electrons. The minimum absolute atomic E-state index is 0.141. The summed E-state index contributed by atoms with van der Waals surface area (Å²) in [6.45, 7) is 1.72. The number of esters is 1. The van der Waals surface area contributed by atoms with Crippen LogP contribution in [-0.2, 0) is 19.1 Å². The highest BCUT2D eigenvalue weighted by atomic mass is 35.5. The molecule has 148 valence electrons. The van der Waals surface area contributed by atoms with Gasteiger partial charge in [0.25, 0.3) is 5.91 Å². The summed E-state index contributed by atoms with van der Waals surface area (Å²) < 4.78 is 4.79. The highest BCUT2D eigenvalue weighted by Crippen LogP contribution is 2.41. The van der Waals surface area contributed by atoms with Crippen molar-refractivity contribution in [3.8, 4) is 0 Å². The standard InChI is InChI=1S/C20H15Cl2N3O4/c1-10-11(21)7-5-9-13(10)24-18(26)15-16(20(28)29-2)23-25(17(15)19(24)27)14-8-4-3-6-12(14)22/h3-9,15,17H,1-2H3. The molecule has 2 aromatic rings. The number of benzene rings is 2. The van der Waals surface area contributed by atoms with E-state index in [1.165, 1.54) is 12.1 Å². The maximum atomic E-state index is 13.4. The molecule has 2 aromatic carbocycles. The number of amides is 2. The van der Waals surface area contributed by atoms with Crippen LogP contribution in [0.15, 0.2) is 47.6 Å². The second kappa shape index (κ2) is 7.17. The van der Waals surface area contributed by atoms with Gasteiger partial charge in [0.2, 0.25) is 5.91 Å². The van der Waals surface area contributed by atoms with Gasteiger partial charge in [0.05, 0.1) is 23.5 Å². The molecule has 2 atom stereocenters. The Bertz CT molecular complexity index is 1090. The van der Waals surface area contributed by atoms with Crippen LogP contribution in [0, 0.1) is 12.8 Å². The van der Waals surface area contributed by atoms with E-state index < -0.39 is 29.7 Å². The molecule has 0 bridgehead atoms. The number of methoxy groups -OCH3 is 1. The average molecular weight is 432 g/mol. The Balaban J connectivity index is 1.86. The Morgan fingerprint density at radius 3 is 2.34 bits per heavy atom. The molecule has 1 fully saturated rings. The number of nitrogens with zero attached hydrogens (tertiary/aromatic N) is 3. The zero-order valence-electron chi connectivity index (χ0n) is 15.4. The van der Waals surface area contributed by atoms with Crippen LogP contribution in [0.3, 0.4) is 0 Å². The van der Waals surface area contributed by atoms with Gasteiger partial charge in [0.1, 0.15) is 12.0 Å². The van der Waals surface area contributed by atoms with Crippen LogP contribution < -0.4 is 9.91 Å². The van der Waals surface area contributed by atoms with E-state index in [1.807, 2.05) is 0 Å². The molecule has 0 saturated carbocycles. The summed E-state index contributed by atoms with van der Waals surface area (Å²) in [6, 6.07) is 10.7. The van der Waals surface area contributed by atoms with Crippen LogP contribution in [0.2, 0.25) is 10.0 Å². The topological polar surface area (TPSA) is 79.3 Å². The van der Waals surface area contributed by atoms with Crippen LogP contribution in [0.1, 0.15) is 5.56 Å². The van der Waals surface area contributed by atoms with Gasteiger partial charge in [-0.2, -0.15) is 5.10 Å². The van der Waals surface area contributed by atoms with Crippen molar-refractivity contribution in [2.75, 3.05) is 17.0 Å². The van der Waals surface area contributed by atoms with E-state index >= 15 is 0 Å². The summed E-state index contributed by atoms with van der Waals surface area (Å²) in [4.78, 5) is 40.0. The van der Waals surface area contributed by atoms with Crippen molar-refractivity contribution in [1.29, 1.82) is 0 Å². The lowest BCUT2D eigenvalue weighted by Crippen LogP contribution is -2.39. The largest absolute Gasteiger partial charge is 0.464 e. The van der Waals surface area contributed by atoms with E-state index in [0.717, 1.165) is 4.90 Å². The second-order valence-electron chi connectivity index (χ2n) is 6.59. The predicted octanol–water partition coefficient (Wildman–Crippen LogP) is 3.21. The molecule has 0 spiro atoms. The van der Waals surface area contributed by atoms with Gasteiger partial charge in [-0.05, 0) is 36.8 Å². The summed E-state index contributed by atoms with van der Waals surface area (Å²) in [7, 11) is 1.19. The normalized spacial score (nSPS) is 20.8. The fourth-order valence-corrected chi connectivity index (χ4v) is 3.99. The van der Waals surface area contributed by atoms with Crippen molar-refractivity contribution in [2.24, 2.45) is 11.0 Å². The number of carbonyl (C=O) groups excluding carboxylic acids is 3. The number of hydrogen-bond acceptors (Lipinski definition) is 6. The first-order valence-electron chi connectivity index (χ1n) is 8.70. The molecule has 2 aliphatic heterocycles. The molecule has 0 aliphatic carbocycles. The van der Waals surface area contributed by atoms with E-state index in [2.05, 4.69) is 5.10 Å². The van der Waals surface area contributed by atoms with E-state index in [9.17, 15) is 14.4 Å². The minimum Gasteiger partial charge on any atom is -0.464 e. The summed E-state index contributed by atoms with van der Waals surface area (Å²) in [6.07, 6.45) is 0. The first-order valence-corrected chi connectivity index (χ1v) is 9.46. The van der Waals surface area contributed by atoms with Gasteiger partial charge in [0.15, 0.2) is 5.71 Å². The Morgan fingerprint density at radius 2 is 1.66 bits per heavy atom. The van der Waals surface area contributed by atoms with E-state index in [1.54, 1.807) is 49.4 Å². The minimum atomic E-state index is -1.11. The van der Waals surface area contributed by atoms with Crippen molar-refractivity contribution >= 4 is 58.1 Å². The molecule has 2 unspecified atom stereocenters. The number of hydrogen-bond donors (Lipinski definition) is 0. The fourth-order valence-electron chi connectivity index (χ4n) is 3.60. The molecular formula is C20H15Cl2N3O4. The predicted molar refractivity (Wildman–Crippen MR) is 109 cm³/mol. The van der Waals surface area contributed by atoms with E-state index in [0.29, 0.717) is 27.0 Å². The lowest BCUT2D eigenvalue weighted by molar-refractivity contribution is -0.133. The summed E-state index contributed by atoms with van der Waals surface area (Å²) in [5.74, 6) is -2.97. The smallest absolute Gasteiger partial charge is 0.355 e. The third-order valence-electron chi connectivity index (χ3n) is 5.02. The number of ether oxygens (including phenoxy) is 1. The van der Waals surface area contributed by atoms with Gasteiger partial charge in [-0.3, -0.25) is 9.59 Å². The summed E-state index contributed by atoms with van der Waals surface area (Å²) >= 11 is 12.5. The Morgan fingerprint density at radius 1 is 1.00 bits per heavy atom. The second-order valence-corrected chi connectivity index (χ2v) is 7.41. The highest BCUT2D eigenvalue weighted by molar-refractivity contribution is 6.47. The molecule has 2 amide bonds. The monoisotopic (exact) mass is 431 g/mol. The van der Waals surface area contributed by atoms with Crippen LogP contribution in [0.25, 0.3) is 0 Å². The molecule has 0 aromatic heterocycles. The molecule has 1 saturated heterocycles. The molecular weight excluding hydrogens is 417 g/mol. The van der Waals surface area contributed by atoms with Crippen LogP contribution in [0.4, 0.5) is 11.4 Å². The molecule has 4 rings (SSSR count). The van der Waals surface area contributed by atoms with Gasteiger partial charge in [0, 0.05) is 5.02 Å². The molecule has 2 aliphatic rings. The zero-order valence-corrected chi connectivity index (χ0v) is 16.9. The molecule has 0 N–H and O–H groups in total. The lowest BCUT2D eigenvalue weighted by atomic mass is 9.98. The maximum Gasteiger partial charge on any atom is 0.355 e. The van der Waals surface area contributed by atoms with Gasteiger partial charge < -0.3 is 4.74 Å². The Labute approximate surface area is 176 Å². The molecule has 29 heavy (non-hydrogen) atoms. The number of carbonyl (C=O) groups is 3. The lowest BCUT2D eigenvalue weighted by Gasteiger charge is -2.23. The van der Waals surface area contributed by atoms with Crippen LogP contribution in [0.5, 0.6) is 0 Å². The third-order valence-corrected chi connectivity index (χ3v) is 5.75. The number of hydrazone groups is 1. The summed E-state index contributed by atoms with van der Waals surface area (Å²) in [5, 5.41) is 6.31. The first kappa shape index (κ1) is 19.4. The van der Waals surface area contributed by atoms with Gasteiger partial charge in [-0.1, -0.05) is 41.4 Å². The number of anilines is 2. The quantitative estimate of drug-likeness (QED) is 0.550. The zero-order chi connectivity index (χ0) is 20.9. The van der Waals surface area contributed by atoms with Crippen LogP contribution in [-0.4, -0.2) is 36.6 Å². The molecule has 9 heteroatoms. The number of rotatable bonds is 3. The van der Waals surface area contributed by atoms with E-state index in [-0.39, 0.29) is 5.71 Å². The number of fused-ring (bicyclic) bond motifs is 1. The SMILES string of the molecule is COC(=O)C1=NN(c2ccccc2Cl)C2C(=O)N(c3cccc(Cl)c3C)C(=O)C12. The van der Waals surface area contributed by atoms with Gasteiger partial charge in [-0.25, -0.2) is 14.7 Å². The fraction of sp³-hybridized carbons (Fsp3) is 0.200. The summed E-state index contributed by atoms with van der Waals surface area (Å²) in [5.41, 5.74) is 1.22. The number of para-hydroxylation sites is 1. The van der Waals surface area contributed by atoms with E-state index in [4.69, 9.17) is 27.9 Å². The van der Waals surface area contributed by atoms with Crippen LogP contribution >= 0.6 is 23.2 Å². The maximum absolute atomic E-state index is 13.4. The Hall–Kier alpha value is -2.90. The first-order chi connectivity index (χ1) is 13.9. The number of halogens is 2. The van der Waals surface area contributed by atoms with Crippen molar-refractivity contribution in [2.45, 2.75) is 13.0 Å².